The van der Waals surface area contributed by atoms with Crippen molar-refractivity contribution in [3.63, 3.8) is 0 Å². The number of rotatable bonds is 11. The van der Waals surface area contributed by atoms with Gasteiger partial charge in [-0.2, -0.15) is 0 Å². The van der Waals surface area contributed by atoms with Gasteiger partial charge in [-0.1, -0.05) is 92.6 Å². The van der Waals surface area contributed by atoms with Gasteiger partial charge in [-0.25, -0.2) is 15.0 Å². The highest BCUT2D eigenvalue weighted by atomic mass is 16.5. The van der Waals surface area contributed by atoms with E-state index in [1.165, 1.54) is 49.5 Å². The summed E-state index contributed by atoms with van der Waals surface area (Å²) < 4.78 is 6.41. The number of aliphatic hydroxyl groups excluding tert-OH is 1. The number of benzene rings is 2. The number of ether oxygens (including phenoxy) is 1. The number of nitrogens with zero attached hydrogens (tertiary/aromatic N) is 3. The third kappa shape index (κ3) is 5.88. The van der Waals surface area contributed by atoms with Crippen molar-refractivity contribution in [2.24, 2.45) is 0 Å². The van der Waals surface area contributed by atoms with E-state index in [-0.39, 0.29) is 0 Å². The normalized spacial score (nSPS) is 19.2. The molecule has 1 aromatic heterocycles. The maximum absolute atomic E-state index is 11.9. The van der Waals surface area contributed by atoms with Crippen LogP contribution in [0.3, 0.4) is 0 Å². The van der Waals surface area contributed by atoms with Crippen LogP contribution < -0.4 is 0 Å². The zero-order valence-corrected chi connectivity index (χ0v) is 23.5. The molecule has 200 valence electrons. The first-order valence-electron chi connectivity index (χ1n) is 13.9. The fourth-order valence-electron chi connectivity index (χ4n) is 5.55. The first kappa shape index (κ1) is 27.7. The van der Waals surface area contributed by atoms with Gasteiger partial charge in [0.25, 0.3) is 0 Å². The quantitative estimate of drug-likeness (QED) is 0.278. The van der Waals surface area contributed by atoms with Crippen molar-refractivity contribution in [1.29, 1.82) is 0 Å². The lowest BCUT2D eigenvalue weighted by Crippen LogP contribution is -2.42. The maximum Gasteiger partial charge on any atom is 0.149 e. The van der Waals surface area contributed by atoms with Gasteiger partial charge in [0.1, 0.15) is 29.7 Å². The van der Waals surface area contributed by atoms with Crippen LogP contribution in [0, 0.1) is 27.7 Å². The Morgan fingerprint density at radius 1 is 0.842 bits per heavy atom. The summed E-state index contributed by atoms with van der Waals surface area (Å²) in [6, 6.07) is 12.8. The minimum absolute atomic E-state index is 0.514. The van der Waals surface area contributed by atoms with Crippen molar-refractivity contribution in [1.82, 2.24) is 15.0 Å². The number of hydrogen-bond acceptors (Lipinski definition) is 5. The van der Waals surface area contributed by atoms with E-state index >= 15 is 0 Å². The van der Waals surface area contributed by atoms with Crippen LogP contribution in [0.4, 0.5) is 0 Å². The van der Waals surface area contributed by atoms with Gasteiger partial charge in [-0.15, -0.1) is 0 Å². The van der Waals surface area contributed by atoms with Gasteiger partial charge in [0.2, 0.25) is 0 Å². The van der Waals surface area contributed by atoms with Gasteiger partial charge in [0.05, 0.1) is 12.7 Å². The second kappa shape index (κ2) is 12.5. The minimum atomic E-state index is -0.986. The number of aromatic nitrogens is 3. The van der Waals surface area contributed by atoms with Crippen LogP contribution in [0.1, 0.15) is 84.7 Å². The molecule has 2 unspecified atom stereocenters. The Labute approximate surface area is 227 Å². The standard InChI is InChI=1S/C33H41N3O2/c1-6-7-8-9-10-11-16-38-30-19-31(37)33(32-35-21-34-22-36-32,29-15-13-24(3)18-26(29)5)20-28(30)27-14-12-23(2)17-25(27)4/h12-15,17-22,31,37H,6-11,16H2,1-5H3. The maximum atomic E-state index is 11.9. The Balaban J connectivity index is 1.80. The number of aryl methyl sites for hydroxylation is 4. The Hall–Kier alpha value is -3.31. The first-order chi connectivity index (χ1) is 18.4. The third-order valence-electron chi connectivity index (χ3n) is 7.53. The molecule has 1 aliphatic carbocycles. The molecule has 4 rings (SSSR count). The Bertz CT molecular complexity index is 1300. The van der Waals surface area contributed by atoms with Gasteiger partial charge in [0, 0.05) is 5.57 Å². The lowest BCUT2D eigenvalue weighted by Gasteiger charge is -2.38. The van der Waals surface area contributed by atoms with Gasteiger partial charge in [0.15, 0.2) is 0 Å². The highest BCUT2D eigenvalue weighted by Crippen LogP contribution is 2.45. The summed E-state index contributed by atoms with van der Waals surface area (Å²) in [5.41, 5.74) is 6.63. The molecule has 0 radical (unpaired) electrons. The first-order valence-corrected chi connectivity index (χ1v) is 13.9. The van der Waals surface area contributed by atoms with Gasteiger partial charge in [-0.3, -0.25) is 0 Å². The number of aliphatic hydroxyl groups is 1. The molecule has 0 saturated heterocycles. The predicted octanol–water partition coefficient (Wildman–Crippen LogP) is 7.11. The van der Waals surface area contributed by atoms with E-state index in [2.05, 4.69) is 92.0 Å². The number of hydrogen-bond donors (Lipinski definition) is 1. The molecular formula is C33H41N3O2. The molecule has 0 bridgehead atoms. The summed E-state index contributed by atoms with van der Waals surface area (Å²) in [5.74, 6) is 1.23. The van der Waals surface area contributed by atoms with Crippen LogP contribution in [-0.2, 0) is 10.2 Å². The largest absolute Gasteiger partial charge is 0.493 e. The van der Waals surface area contributed by atoms with E-state index < -0.39 is 11.5 Å². The van der Waals surface area contributed by atoms with Crippen molar-refractivity contribution >= 4 is 5.57 Å². The van der Waals surface area contributed by atoms with E-state index in [0.717, 1.165) is 40.7 Å². The molecule has 1 aliphatic rings. The molecule has 5 heteroatoms. The second-order valence-electron chi connectivity index (χ2n) is 10.6. The molecule has 1 heterocycles. The summed E-state index contributed by atoms with van der Waals surface area (Å²) in [7, 11) is 0. The van der Waals surface area contributed by atoms with Gasteiger partial charge in [-0.05, 0) is 62.4 Å². The van der Waals surface area contributed by atoms with Crippen molar-refractivity contribution < 1.29 is 9.84 Å². The molecule has 5 nitrogen and oxygen atoms in total. The van der Waals surface area contributed by atoms with Gasteiger partial charge >= 0.3 is 0 Å². The molecule has 0 saturated carbocycles. The molecule has 0 spiro atoms. The van der Waals surface area contributed by atoms with Gasteiger partial charge < -0.3 is 9.84 Å². The fourth-order valence-corrected chi connectivity index (χ4v) is 5.55. The van der Waals surface area contributed by atoms with Crippen LogP contribution in [0.15, 0.2) is 67.0 Å². The van der Waals surface area contributed by atoms with E-state index in [1.54, 1.807) is 0 Å². The van der Waals surface area contributed by atoms with Crippen LogP contribution in [-0.4, -0.2) is 32.8 Å². The van der Waals surface area contributed by atoms with Crippen molar-refractivity contribution in [3.8, 4) is 0 Å². The molecule has 2 atom stereocenters. The molecule has 3 aromatic rings. The Kier molecular flexibility index (Phi) is 9.11. The van der Waals surface area contributed by atoms with E-state index in [1.807, 2.05) is 6.08 Å². The van der Waals surface area contributed by atoms with Crippen molar-refractivity contribution in [2.45, 2.75) is 84.7 Å². The highest BCUT2D eigenvalue weighted by molar-refractivity contribution is 5.83. The average molecular weight is 512 g/mol. The molecular weight excluding hydrogens is 470 g/mol. The van der Waals surface area contributed by atoms with Crippen LogP contribution in [0.25, 0.3) is 5.57 Å². The zero-order valence-electron chi connectivity index (χ0n) is 23.5. The Morgan fingerprint density at radius 2 is 1.50 bits per heavy atom. The predicted molar refractivity (Wildman–Crippen MR) is 154 cm³/mol. The smallest absolute Gasteiger partial charge is 0.149 e. The lowest BCUT2D eigenvalue weighted by molar-refractivity contribution is 0.149. The summed E-state index contributed by atoms with van der Waals surface area (Å²) in [5, 5.41) is 11.9. The minimum Gasteiger partial charge on any atom is -0.493 e. The lowest BCUT2D eigenvalue weighted by atomic mass is 9.68. The molecule has 0 fully saturated rings. The van der Waals surface area contributed by atoms with Crippen LogP contribution >= 0.6 is 0 Å². The zero-order chi connectivity index (χ0) is 27.1. The molecule has 2 aromatic carbocycles. The number of allylic oxidation sites excluding steroid dienone is 1. The third-order valence-corrected chi connectivity index (χ3v) is 7.53. The van der Waals surface area contributed by atoms with E-state index in [4.69, 9.17) is 4.74 Å². The summed E-state index contributed by atoms with van der Waals surface area (Å²) in [6.07, 6.45) is 13.2. The molecule has 1 N–H and O–H groups in total. The van der Waals surface area contributed by atoms with Crippen LogP contribution in [0.5, 0.6) is 0 Å². The van der Waals surface area contributed by atoms with E-state index in [0.29, 0.717) is 18.2 Å². The summed E-state index contributed by atoms with van der Waals surface area (Å²) >= 11 is 0. The van der Waals surface area contributed by atoms with Crippen molar-refractivity contribution in [2.75, 3.05) is 6.61 Å². The topological polar surface area (TPSA) is 68.1 Å². The summed E-state index contributed by atoms with van der Waals surface area (Å²) in [4.78, 5) is 13.2. The van der Waals surface area contributed by atoms with E-state index in [9.17, 15) is 5.11 Å². The van der Waals surface area contributed by atoms with Crippen molar-refractivity contribution in [3.05, 3.63) is 106 Å². The Morgan fingerprint density at radius 3 is 2.18 bits per heavy atom. The monoisotopic (exact) mass is 511 g/mol. The average Bonchev–Trinajstić information content (AvgIpc) is 2.90. The molecule has 0 aliphatic heterocycles. The second-order valence-corrected chi connectivity index (χ2v) is 10.6. The van der Waals surface area contributed by atoms with Crippen LogP contribution in [0.2, 0.25) is 0 Å². The molecule has 38 heavy (non-hydrogen) atoms. The highest BCUT2D eigenvalue weighted by Gasteiger charge is 2.46. The summed E-state index contributed by atoms with van der Waals surface area (Å²) in [6.45, 7) is 11.2. The SMILES string of the molecule is CCCCCCCCOC1=CC(O)C(c2ncncn2)(c2ccc(C)cc2C)C=C1c1ccc(C)cc1C. The number of unbranched alkanes of at least 4 members (excludes halogenated alkanes) is 5. The molecule has 0 amide bonds. The fraction of sp³-hybridized carbons (Fsp3) is 0.424.